The molecule has 1 aromatic carbocycles. The summed E-state index contributed by atoms with van der Waals surface area (Å²) in [7, 11) is 3.80. The van der Waals surface area contributed by atoms with Gasteiger partial charge in [0.05, 0.1) is 10.7 Å². The van der Waals surface area contributed by atoms with Gasteiger partial charge in [0.25, 0.3) is 0 Å². The van der Waals surface area contributed by atoms with Crippen molar-refractivity contribution in [3.63, 3.8) is 0 Å². The minimum atomic E-state index is 0.360. The quantitative estimate of drug-likeness (QED) is 0.654. The number of guanidine groups is 1. The molecule has 0 saturated carbocycles. The zero-order valence-corrected chi connectivity index (χ0v) is 12.8. The molecule has 0 unspecified atom stereocenters. The second-order valence-corrected chi connectivity index (χ2v) is 5.53. The number of aliphatic imine (C=N–C) groups is 1. The van der Waals surface area contributed by atoms with Gasteiger partial charge >= 0.3 is 0 Å². The fourth-order valence-corrected chi connectivity index (χ4v) is 2.47. The molecule has 3 N–H and O–H groups in total. The average molecular weight is 296 g/mol. The number of halogens is 1. The molecule has 0 aliphatic carbocycles. The van der Waals surface area contributed by atoms with Gasteiger partial charge in [-0.05, 0) is 24.7 Å². The number of likely N-dealkylation sites (N-methyl/N-ethyl adjacent to an activating group) is 1. The summed E-state index contributed by atoms with van der Waals surface area (Å²) in [5.41, 5.74) is 7.65. The Balaban J connectivity index is 1.98. The lowest BCUT2D eigenvalue weighted by atomic mass is 10.1. The molecule has 6 heteroatoms. The van der Waals surface area contributed by atoms with E-state index in [1.54, 1.807) is 7.05 Å². The predicted octanol–water partition coefficient (Wildman–Crippen LogP) is 1.44. The molecular weight excluding hydrogens is 274 g/mol. The van der Waals surface area contributed by atoms with E-state index in [0.717, 1.165) is 38.4 Å². The fraction of sp³-hybridized carbons (Fsp3) is 0.500. The van der Waals surface area contributed by atoms with Crippen molar-refractivity contribution < 1.29 is 0 Å². The van der Waals surface area contributed by atoms with E-state index in [4.69, 9.17) is 17.3 Å². The Morgan fingerprint density at radius 3 is 2.65 bits per heavy atom. The van der Waals surface area contributed by atoms with E-state index in [9.17, 15) is 0 Å². The molecule has 110 valence electrons. The molecule has 0 aromatic heterocycles. The van der Waals surface area contributed by atoms with Crippen LogP contribution in [0, 0.1) is 0 Å². The van der Waals surface area contributed by atoms with Crippen molar-refractivity contribution in [3.05, 3.63) is 28.8 Å². The van der Waals surface area contributed by atoms with Crippen LogP contribution >= 0.6 is 11.6 Å². The maximum Gasteiger partial charge on any atom is 0.192 e. The molecule has 1 aliphatic heterocycles. The average Bonchev–Trinajstić information content (AvgIpc) is 2.44. The van der Waals surface area contributed by atoms with Crippen LogP contribution in [-0.4, -0.2) is 56.0 Å². The highest BCUT2D eigenvalue weighted by Gasteiger charge is 2.14. The second kappa shape index (κ2) is 6.92. The molecule has 2 rings (SSSR count). The third-order valence-electron chi connectivity index (χ3n) is 3.54. The van der Waals surface area contributed by atoms with Crippen LogP contribution in [-0.2, 0) is 6.54 Å². The van der Waals surface area contributed by atoms with E-state index in [-0.39, 0.29) is 0 Å². The van der Waals surface area contributed by atoms with E-state index in [1.165, 1.54) is 5.56 Å². The van der Waals surface area contributed by atoms with E-state index in [2.05, 4.69) is 33.2 Å². The summed E-state index contributed by atoms with van der Waals surface area (Å²) >= 11 is 6.27. The molecule has 1 aromatic rings. The van der Waals surface area contributed by atoms with Gasteiger partial charge in [0.1, 0.15) is 0 Å². The number of anilines is 1. The Labute approximate surface area is 125 Å². The normalized spacial score (nSPS) is 18.2. The van der Waals surface area contributed by atoms with Crippen molar-refractivity contribution in [2.75, 3.05) is 45.6 Å². The summed E-state index contributed by atoms with van der Waals surface area (Å²) in [4.78, 5) is 8.66. The molecule has 20 heavy (non-hydrogen) atoms. The van der Waals surface area contributed by atoms with E-state index in [1.807, 2.05) is 12.1 Å². The number of nitrogens with one attached hydrogen (secondary N) is 1. The van der Waals surface area contributed by atoms with Gasteiger partial charge in [-0.25, -0.2) is 0 Å². The molecule has 0 amide bonds. The minimum Gasteiger partial charge on any atom is -0.370 e. The second-order valence-electron chi connectivity index (χ2n) is 5.13. The lowest BCUT2D eigenvalue weighted by Gasteiger charge is -2.32. The highest BCUT2D eigenvalue weighted by Crippen LogP contribution is 2.23. The fourth-order valence-electron chi connectivity index (χ4n) is 2.22. The molecule has 0 atom stereocenters. The van der Waals surface area contributed by atoms with Crippen LogP contribution in [0.25, 0.3) is 0 Å². The van der Waals surface area contributed by atoms with Crippen LogP contribution in [0.4, 0.5) is 5.69 Å². The van der Waals surface area contributed by atoms with Gasteiger partial charge in [-0.3, -0.25) is 9.89 Å². The topological polar surface area (TPSA) is 56.9 Å². The zero-order valence-electron chi connectivity index (χ0n) is 12.1. The molecule has 1 aliphatic rings. The van der Waals surface area contributed by atoms with Crippen molar-refractivity contribution in [2.24, 2.45) is 10.7 Å². The summed E-state index contributed by atoms with van der Waals surface area (Å²) in [6, 6.07) is 6.02. The summed E-state index contributed by atoms with van der Waals surface area (Å²) in [6.45, 7) is 5.38. The van der Waals surface area contributed by atoms with Crippen LogP contribution in [0.1, 0.15) is 5.56 Å². The van der Waals surface area contributed by atoms with Crippen molar-refractivity contribution in [3.8, 4) is 0 Å². The Kier molecular flexibility index (Phi) is 5.23. The number of rotatable bonds is 3. The molecule has 0 spiro atoms. The monoisotopic (exact) mass is 295 g/mol. The molecule has 5 nitrogen and oxygen atoms in total. The van der Waals surface area contributed by atoms with E-state index in [0.29, 0.717) is 11.0 Å². The van der Waals surface area contributed by atoms with Gasteiger partial charge in [-0.1, -0.05) is 17.7 Å². The van der Waals surface area contributed by atoms with E-state index >= 15 is 0 Å². The Morgan fingerprint density at radius 1 is 1.35 bits per heavy atom. The number of hydrogen-bond donors (Lipinski definition) is 2. The summed E-state index contributed by atoms with van der Waals surface area (Å²) in [6.07, 6.45) is 0. The summed E-state index contributed by atoms with van der Waals surface area (Å²) in [5.74, 6) is 0.360. The Hall–Kier alpha value is -1.30. The van der Waals surface area contributed by atoms with Crippen LogP contribution in [0.15, 0.2) is 23.2 Å². The Bertz CT molecular complexity index is 480. The van der Waals surface area contributed by atoms with Gasteiger partial charge in [-0.2, -0.15) is 0 Å². The van der Waals surface area contributed by atoms with Crippen LogP contribution in [0.3, 0.4) is 0 Å². The standard InChI is InChI=1S/C14H22ClN5/c1-17-14(16)18-13-4-3-11(9-12(13)15)10-20-7-5-19(2)6-8-20/h3-4,9H,5-8,10H2,1-2H3,(H3,16,17,18). The van der Waals surface area contributed by atoms with Gasteiger partial charge in [0.2, 0.25) is 0 Å². The predicted molar refractivity (Wildman–Crippen MR) is 85.4 cm³/mol. The third kappa shape index (κ3) is 4.10. The van der Waals surface area contributed by atoms with Gasteiger partial charge in [0, 0.05) is 39.8 Å². The minimum absolute atomic E-state index is 0.360. The first-order valence-electron chi connectivity index (χ1n) is 6.77. The van der Waals surface area contributed by atoms with Crippen LogP contribution < -0.4 is 11.1 Å². The number of hydrogen-bond acceptors (Lipinski definition) is 3. The van der Waals surface area contributed by atoms with Gasteiger partial charge in [0.15, 0.2) is 5.96 Å². The largest absolute Gasteiger partial charge is 0.370 e. The number of benzene rings is 1. The highest BCUT2D eigenvalue weighted by atomic mass is 35.5. The first-order chi connectivity index (χ1) is 9.58. The van der Waals surface area contributed by atoms with E-state index < -0.39 is 0 Å². The SMILES string of the molecule is C/N=C(\N)Nc1ccc(CN2CCN(C)CC2)cc1Cl. The summed E-state index contributed by atoms with van der Waals surface area (Å²) in [5, 5.41) is 3.64. The molecule has 0 radical (unpaired) electrons. The first kappa shape index (κ1) is 15.1. The zero-order chi connectivity index (χ0) is 14.5. The molecule has 1 fully saturated rings. The lowest BCUT2D eigenvalue weighted by molar-refractivity contribution is 0.148. The number of piperazine rings is 1. The molecule has 1 saturated heterocycles. The van der Waals surface area contributed by atoms with Gasteiger partial charge < -0.3 is 16.0 Å². The van der Waals surface area contributed by atoms with Crippen molar-refractivity contribution >= 4 is 23.2 Å². The lowest BCUT2D eigenvalue weighted by Crippen LogP contribution is -2.43. The summed E-state index contributed by atoms with van der Waals surface area (Å²) < 4.78 is 0. The van der Waals surface area contributed by atoms with Crippen LogP contribution in [0.5, 0.6) is 0 Å². The highest BCUT2D eigenvalue weighted by molar-refractivity contribution is 6.33. The molecular formula is C14H22ClN5. The smallest absolute Gasteiger partial charge is 0.192 e. The third-order valence-corrected chi connectivity index (χ3v) is 3.85. The van der Waals surface area contributed by atoms with Crippen molar-refractivity contribution in [1.29, 1.82) is 0 Å². The Morgan fingerprint density at radius 2 is 2.05 bits per heavy atom. The molecule has 0 bridgehead atoms. The van der Waals surface area contributed by atoms with Crippen LogP contribution in [0.2, 0.25) is 5.02 Å². The maximum absolute atomic E-state index is 6.27. The number of nitrogens with zero attached hydrogens (tertiary/aromatic N) is 3. The number of nitrogens with two attached hydrogens (primary N) is 1. The van der Waals surface area contributed by atoms with Gasteiger partial charge in [-0.15, -0.1) is 0 Å². The molecule has 1 heterocycles. The van der Waals surface area contributed by atoms with Crippen molar-refractivity contribution in [2.45, 2.75) is 6.54 Å². The van der Waals surface area contributed by atoms with Crippen molar-refractivity contribution in [1.82, 2.24) is 9.80 Å². The first-order valence-corrected chi connectivity index (χ1v) is 7.15. The maximum atomic E-state index is 6.27.